The fourth-order valence-electron chi connectivity index (χ4n) is 3.72. The van der Waals surface area contributed by atoms with E-state index in [-0.39, 0.29) is 6.54 Å². The van der Waals surface area contributed by atoms with Gasteiger partial charge in [0.25, 0.3) is 11.8 Å². The van der Waals surface area contributed by atoms with Gasteiger partial charge < -0.3 is 10.3 Å². The van der Waals surface area contributed by atoms with Crippen molar-refractivity contribution >= 4 is 39.5 Å². The number of carbonyl (C=O) groups excluding carboxylic acids is 2. The average Bonchev–Trinajstić information content (AvgIpc) is 3.34. The predicted molar refractivity (Wildman–Crippen MR) is 104 cm³/mol. The zero-order chi connectivity index (χ0) is 19.4. The summed E-state index contributed by atoms with van der Waals surface area (Å²) in [7, 11) is 1.91. The number of carbonyl (C=O) groups is 2. The fraction of sp³-hybridized carbons (Fsp3) is 0.100. The molecule has 0 radical (unpaired) electrons. The molecule has 3 N–H and O–H groups in total. The van der Waals surface area contributed by atoms with Crippen molar-refractivity contribution in [2.24, 2.45) is 12.8 Å². The molecule has 0 aliphatic carbocycles. The minimum atomic E-state index is -0.444. The molecule has 0 atom stereocenters. The number of rotatable bonds is 3. The Hall–Kier alpha value is -3.78. The molecule has 138 valence electrons. The van der Waals surface area contributed by atoms with Crippen LogP contribution in [0.4, 0.5) is 0 Å². The van der Waals surface area contributed by atoms with Crippen LogP contribution in [-0.2, 0) is 23.2 Å². The van der Waals surface area contributed by atoms with Crippen LogP contribution in [0.5, 0.6) is 0 Å². The Balaban J connectivity index is 1.84. The molecule has 28 heavy (non-hydrogen) atoms. The zero-order valence-corrected chi connectivity index (χ0v) is 15.0. The van der Waals surface area contributed by atoms with Crippen LogP contribution in [0, 0.1) is 0 Å². The minimum Gasteiger partial charge on any atom is -0.350 e. The molecule has 3 aromatic heterocycles. The maximum atomic E-state index is 12.7. The summed E-state index contributed by atoms with van der Waals surface area (Å²) in [6, 6.07) is 7.76. The number of hydrogen-bond donors (Lipinski definition) is 2. The van der Waals surface area contributed by atoms with E-state index in [4.69, 9.17) is 5.73 Å². The first-order valence-electron chi connectivity index (χ1n) is 8.75. The lowest BCUT2D eigenvalue weighted by Crippen LogP contribution is -2.23. The molecule has 5 rings (SSSR count). The number of para-hydroxylation sites is 1. The van der Waals surface area contributed by atoms with E-state index >= 15 is 0 Å². The van der Waals surface area contributed by atoms with Gasteiger partial charge in [-0.3, -0.25) is 24.3 Å². The highest BCUT2D eigenvalue weighted by Crippen LogP contribution is 2.35. The molecular formula is C20H16N6O2. The molecule has 8 heteroatoms. The van der Waals surface area contributed by atoms with E-state index in [2.05, 4.69) is 15.3 Å². The number of aryl methyl sites for hydroxylation is 1. The first-order valence-corrected chi connectivity index (χ1v) is 8.75. The first-order chi connectivity index (χ1) is 13.6. The standard InChI is InChI=1S/C20H16N6O2/c1-25-10-13(12-4-2-3-5-14(12)25)17-18(20(28)24-19(17)27)15-7-23-16-8-22-11(6-21)9-26(15)16/h2-5,7-10H,6,21H2,1H3,(H,24,27,28). The molecule has 1 aliphatic rings. The lowest BCUT2D eigenvalue weighted by molar-refractivity contribution is -0.122. The highest BCUT2D eigenvalue weighted by molar-refractivity contribution is 6.49. The number of nitrogens with two attached hydrogens (primary N) is 1. The summed E-state index contributed by atoms with van der Waals surface area (Å²) in [5.74, 6) is -0.861. The van der Waals surface area contributed by atoms with Crippen molar-refractivity contribution in [3.8, 4) is 0 Å². The second-order valence-corrected chi connectivity index (χ2v) is 6.66. The normalized spacial score (nSPS) is 14.5. The molecule has 4 heterocycles. The van der Waals surface area contributed by atoms with Gasteiger partial charge >= 0.3 is 0 Å². The van der Waals surface area contributed by atoms with Crippen molar-refractivity contribution in [3.63, 3.8) is 0 Å². The first kappa shape index (κ1) is 16.4. The van der Waals surface area contributed by atoms with Gasteiger partial charge in [-0.1, -0.05) is 18.2 Å². The number of aromatic nitrogens is 4. The van der Waals surface area contributed by atoms with Gasteiger partial charge in [-0.25, -0.2) is 4.98 Å². The van der Waals surface area contributed by atoms with Crippen molar-refractivity contribution in [1.29, 1.82) is 0 Å². The van der Waals surface area contributed by atoms with E-state index in [0.717, 1.165) is 10.9 Å². The van der Waals surface area contributed by atoms with E-state index in [1.807, 2.05) is 42.1 Å². The SMILES string of the molecule is Cn1cc(C2=C(c3cnc4cnc(CN)cn34)C(=O)NC2=O)c2ccccc21. The number of nitrogens with zero attached hydrogens (tertiary/aromatic N) is 4. The van der Waals surface area contributed by atoms with Crippen LogP contribution in [0.2, 0.25) is 0 Å². The van der Waals surface area contributed by atoms with Crippen molar-refractivity contribution in [3.05, 3.63) is 66.0 Å². The highest BCUT2D eigenvalue weighted by atomic mass is 16.2. The third-order valence-electron chi connectivity index (χ3n) is 5.01. The molecule has 1 aromatic carbocycles. The van der Waals surface area contributed by atoms with E-state index in [1.165, 1.54) is 0 Å². The largest absolute Gasteiger partial charge is 0.350 e. The number of hydrogen-bond acceptors (Lipinski definition) is 5. The summed E-state index contributed by atoms with van der Waals surface area (Å²) in [5.41, 5.74) is 9.78. The third kappa shape index (κ3) is 2.21. The Bertz CT molecular complexity index is 1330. The smallest absolute Gasteiger partial charge is 0.261 e. The molecule has 4 aromatic rings. The monoisotopic (exact) mass is 372 g/mol. The lowest BCUT2D eigenvalue weighted by Gasteiger charge is -2.05. The number of amides is 2. The van der Waals surface area contributed by atoms with Crippen molar-refractivity contribution < 1.29 is 9.59 Å². The van der Waals surface area contributed by atoms with Crippen molar-refractivity contribution in [2.45, 2.75) is 6.54 Å². The Morgan fingerprint density at radius 1 is 1.04 bits per heavy atom. The van der Waals surface area contributed by atoms with Gasteiger partial charge in [-0.2, -0.15) is 0 Å². The molecule has 0 saturated carbocycles. The van der Waals surface area contributed by atoms with Gasteiger partial charge in [0, 0.05) is 42.5 Å². The highest BCUT2D eigenvalue weighted by Gasteiger charge is 2.35. The summed E-state index contributed by atoms with van der Waals surface area (Å²) >= 11 is 0. The van der Waals surface area contributed by atoms with Crippen molar-refractivity contribution in [2.75, 3.05) is 0 Å². The van der Waals surface area contributed by atoms with Crippen LogP contribution in [0.15, 0.2) is 49.1 Å². The average molecular weight is 372 g/mol. The predicted octanol–water partition coefficient (Wildman–Crippen LogP) is 1.25. The van der Waals surface area contributed by atoms with Gasteiger partial charge in [0.05, 0.1) is 34.9 Å². The van der Waals surface area contributed by atoms with Crippen LogP contribution in [0.25, 0.3) is 27.7 Å². The molecule has 0 spiro atoms. The second-order valence-electron chi connectivity index (χ2n) is 6.66. The number of imide groups is 1. The number of fused-ring (bicyclic) bond motifs is 2. The number of nitrogens with one attached hydrogen (secondary N) is 1. The lowest BCUT2D eigenvalue weighted by atomic mass is 9.99. The van der Waals surface area contributed by atoms with Gasteiger partial charge in [-0.15, -0.1) is 0 Å². The maximum absolute atomic E-state index is 12.7. The topological polar surface area (TPSA) is 107 Å². The summed E-state index contributed by atoms with van der Waals surface area (Å²) < 4.78 is 3.68. The summed E-state index contributed by atoms with van der Waals surface area (Å²) in [6.07, 6.45) is 6.78. The molecule has 0 saturated heterocycles. The summed E-state index contributed by atoms with van der Waals surface area (Å²) in [5, 5.41) is 3.33. The van der Waals surface area contributed by atoms with Gasteiger partial charge in [0.1, 0.15) is 0 Å². The molecule has 0 bridgehead atoms. The number of benzene rings is 1. The fourth-order valence-corrected chi connectivity index (χ4v) is 3.72. The Labute approximate surface area is 159 Å². The molecular weight excluding hydrogens is 356 g/mol. The van der Waals surface area contributed by atoms with Gasteiger partial charge in [0.2, 0.25) is 0 Å². The minimum absolute atomic E-state index is 0.258. The summed E-state index contributed by atoms with van der Waals surface area (Å²) in [6.45, 7) is 0.258. The molecule has 0 unspecified atom stereocenters. The number of imidazole rings is 1. The van der Waals surface area contributed by atoms with Gasteiger partial charge in [-0.05, 0) is 6.07 Å². The van der Waals surface area contributed by atoms with Crippen LogP contribution >= 0.6 is 0 Å². The van der Waals surface area contributed by atoms with Crippen LogP contribution in [-0.4, -0.2) is 30.8 Å². The van der Waals surface area contributed by atoms with E-state index in [1.54, 1.807) is 23.0 Å². The van der Waals surface area contributed by atoms with Crippen LogP contribution in [0.3, 0.4) is 0 Å². The Morgan fingerprint density at radius 3 is 2.64 bits per heavy atom. The van der Waals surface area contributed by atoms with Crippen LogP contribution < -0.4 is 11.1 Å². The zero-order valence-electron chi connectivity index (χ0n) is 15.0. The van der Waals surface area contributed by atoms with E-state index < -0.39 is 11.8 Å². The summed E-state index contributed by atoms with van der Waals surface area (Å²) in [4.78, 5) is 34.0. The Kier molecular flexibility index (Phi) is 3.43. The quantitative estimate of drug-likeness (QED) is 0.526. The third-order valence-corrected chi connectivity index (χ3v) is 5.01. The molecule has 2 amide bonds. The van der Waals surface area contributed by atoms with Gasteiger partial charge in [0.15, 0.2) is 5.65 Å². The van der Waals surface area contributed by atoms with E-state index in [0.29, 0.717) is 33.7 Å². The molecule has 1 aliphatic heterocycles. The second kappa shape index (κ2) is 5.86. The van der Waals surface area contributed by atoms with Crippen LogP contribution in [0.1, 0.15) is 17.0 Å². The molecule has 8 nitrogen and oxygen atoms in total. The van der Waals surface area contributed by atoms with E-state index in [9.17, 15) is 9.59 Å². The molecule has 0 fully saturated rings. The maximum Gasteiger partial charge on any atom is 0.261 e. The van der Waals surface area contributed by atoms with Crippen molar-refractivity contribution in [1.82, 2.24) is 24.3 Å². The Morgan fingerprint density at radius 2 is 1.82 bits per heavy atom.